The monoisotopic (exact) mass is 310 g/mol. The minimum Gasteiger partial charge on any atom is -0.478 e. The Morgan fingerprint density at radius 1 is 1.26 bits per heavy atom. The molecular formula is C16H10N2O5. The summed E-state index contributed by atoms with van der Waals surface area (Å²) < 4.78 is 12.2. The molecule has 1 aromatic carbocycles. The van der Waals surface area contributed by atoms with Gasteiger partial charge in [-0.2, -0.15) is 0 Å². The molecule has 3 aromatic rings. The molecule has 1 aliphatic rings. The van der Waals surface area contributed by atoms with Gasteiger partial charge in [0.15, 0.2) is 23.4 Å². The van der Waals surface area contributed by atoms with Gasteiger partial charge in [0.2, 0.25) is 6.79 Å². The number of aromatic carboxylic acids is 1. The number of aldehydes is 1. The van der Waals surface area contributed by atoms with Gasteiger partial charge in [0.1, 0.15) is 5.56 Å². The highest BCUT2D eigenvalue weighted by molar-refractivity contribution is 5.98. The Balaban J connectivity index is 2.03. The average Bonchev–Trinajstić information content (AvgIpc) is 3.17. The van der Waals surface area contributed by atoms with Crippen molar-refractivity contribution in [3.05, 3.63) is 47.8 Å². The van der Waals surface area contributed by atoms with Gasteiger partial charge in [0, 0.05) is 23.5 Å². The predicted octanol–water partition coefficient (Wildman–Crippen LogP) is 2.24. The molecule has 23 heavy (non-hydrogen) atoms. The fraction of sp³-hybridized carbons (Fsp3) is 0.0625. The molecule has 0 aliphatic carbocycles. The molecule has 0 radical (unpaired) electrons. The van der Waals surface area contributed by atoms with E-state index in [2.05, 4.69) is 4.98 Å². The number of benzene rings is 1. The first-order valence-electron chi connectivity index (χ1n) is 6.77. The maximum atomic E-state index is 11.4. The summed E-state index contributed by atoms with van der Waals surface area (Å²) in [6.45, 7) is 0.0912. The minimum absolute atomic E-state index is 0.0649. The van der Waals surface area contributed by atoms with Crippen LogP contribution in [0.2, 0.25) is 0 Å². The van der Waals surface area contributed by atoms with E-state index < -0.39 is 5.97 Å². The Morgan fingerprint density at radius 3 is 2.78 bits per heavy atom. The molecule has 114 valence electrons. The first kappa shape index (κ1) is 13.3. The number of hydrogen-bond donors (Lipinski definition) is 1. The normalized spacial score (nSPS) is 12.5. The molecule has 0 unspecified atom stereocenters. The van der Waals surface area contributed by atoms with Crippen molar-refractivity contribution in [1.82, 2.24) is 9.38 Å². The van der Waals surface area contributed by atoms with Crippen LogP contribution >= 0.6 is 0 Å². The molecule has 4 rings (SSSR count). The van der Waals surface area contributed by atoms with Gasteiger partial charge < -0.3 is 19.0 Å². The molecule has 7 nitrogen and oxygen atoms in total. The molecule has 0 atom stereocenters. The second kappa shape index (κ2) is 4.84. The second-order valence-corrected chi connectivity index (χ2v) is 4.97. The fourth-order valence-electron chi connectivity index (χ4n) is 2.68. The van der Waals surface area contributed by atoms with Crippen LogP contribution in [0.25, 0.3) is 16.9 Å². The van der Waals surface area contributed by atoms with Crippen LogP contribution in [0.3, 0.4) is 0 Å². The van der Waals surface area contributed by atoms with E-state index in [1.54, 1.807) is 28.8 Å². The topological polar surface area (TPSA) is 90.1 Å². The van der Waals surface area contributed by atoms with Crippen molar-refractivity contribution < 1.29 is 24.2 Å². The van der Waals surface area contributed by atoms with E-state index in [1.807, 2.05) is 0 Å². The van der Waals surface area contributed by atoms with Crippen LogP contribution < -0.4 is 9.47 Å². The Labute approximate surface area is 129 Å². The molecule has 1 aliphatic heterocycles. The van der Waals surface area contributed by atoms with Gasteiger partial charge in [-0.3, -0.25) is 4.79 Å². The van der Waals surface area contributed by atoms with E-state index in [0.29, 0.717) is 40.3 Å². The smallest absolute Gasteiger partial charge is 0.339 e. The van der Waals surface area contributed by atoms with Crippen molar-refractivity contribution in [2.45, 2.75) is 0 Å². The number of ether oxygens (including phenoxy) is 2. The van der Waals surface area contributed by atoms with E-state index in [1.165, 1.54) is 12.3 Å². The SMILES string of the molecule is O=Cc1cc2c(cc1-c1cc(C(=O)O)c3ncccn13)OCO2. The molecule has 3 heterocycles. The minimum atomic E-state index is -1.08. The maximum absolute atomic E-state index is 11.4. The van der Waals surface area contributed by atoms with Crippen LogP contribution in [0, 0.1) is 0 Å². The zero-order valence-corrected chi connectivity index (χ0v) is 11.7. The lowest BCUT2D eigenvalue weighted by Gasteiger charge is -2.07. The van der Waals surface area contributed by atoms with Crippen molar-refractivity contribution in [2.24, 2.45) is 0 Å². The lowest BCUT2D eigenvalue weighted by molar-refractivity contribution is 0.0698. The fourth-order valence-corrected chi connectivity index (χ4v) is 2.68. The Morgan fingerprint density at radius 2 is 2.04 bits per heavy atom. The first-order chi connectivity index (χ1) is 11.2. The van der Waals surface area contributed by atoms with Gasteiger partial charge in [-0.05, 0) is 24.3 Å². The number of carboxylic acid groups (broad SMARTS) is 1. The highest BCUT2D eigenvalue weighted by Crippen LogP contribution is 2.39. The summed E-state index contributed by atoms with van der Waals surface area (Å²) in [4.78, 5) is 27.0. The van der Waals surface area contributed by atoms with Crippen molar-refractivity contribution in [3.63, 3.8) is 0 Å². The summed E-state index contributed by atoms with van der Waals surface area (Å²) in [7, 11) is 0. The lowest BCUT2D eigenvalue weighted by atomic mass is 10.0. The molecule has 0 saturated carbocycles. The molecule has 0 spiro atoms. The van der Waals surface area contributed by atoms with Gasteiger partial charge in [0.05, 0.1) is 5.69 Å². The Hall–Kier alpha value is -3.35. The van der Waals surface area contributed by atoms with Crippen molar-refractivity contribution >= 4 is 17.9 Å². The number of fused-ring (bicyclic) bond motifs is 2. The molecular weight excluding hydrogens is 300 g/mol. The van der Waals surface area contributed by atoms with Crippen LogP contribution in [-0.4, -0.2) is 33.5 Å². The van der Waals surface area contributed by atoms with Gasteiger partial charge in [0.25, 0.3) is 0 Å². The molecule has 2 aromatic heterocycles. The third-order valence-corrected chi connectivity index (χ3v) is 3.71. The maximum Gasteiger partial charge on any atom is 0.339 e. The highest BCUT2D eigenvalue weighted by atomic mass is 16.7. The summed E-state index contributed by atoms with van der Waals surface area (Å²) in [5, 5.41) is 9.36. The number of rotatable bonds is 3. The van der Waals surface area contributed by atoms with E-state index in [-0.39, 0.29) is 12.4 Å². The lowest BCUT2D eigenvalue weighted by Crippen LogP contribution is -1.96. The van der Waals surface area contributed by atoms with Crippen molar-refractivity contribution in [1.29, 1.82) is 0 Å². The number of carbonyl (C=O) groups is 2. The number of carbonyl (C=O) groups excluding carboxylic acids is 1. The number of carboxylic acids is 1. The standard InChI is InChI=1S/C16H10N2O5/c19-7-9-4-13-14(23-8-22-13)6-10(9)12-5-11(16(20)21)15-17-2-1-3-18(12)15/h1-7H,8H2,(H,20,21). The summed E-state index contributed by atoms with van der Waals surface area (Å²) in [6.07, 6.45) is 3.92. The van der Waals surface area contributed by atoms with Crippen molar-refractivity contribution in [2.75, 3.05) is 6.79 Å². The molecule has 0 saturated heterocycles. The molecule has 1 N–H and O–H groups in total. The molecule has 0 amide bonds. The molecule has 0 bridgehead atoms. The average molecular weight is 310 g/mol. The van der Waals surface area contributed by atoms with Crippen LogP contribution in [0.15, 0.2) is 36.7 Å². The third kappa shape index (κ3) is 1.94. The van der Waals surface area contributed by atoms with Gasteiger partial charge in [-0.25, -0.2) is 9.78 Å². The van der Waals surface area contributed by atoms with E-state index in [9.17, 15) is 14.7 Å². The Kier molecular flexibility index (Phi) is 2.80. The molecule has 0 fully saturated rings. The number of aromatic nitrogens is 2. The number of hydrogen-bond acceptors (Lipinski definition) is 5. The van der Waals surface area contributed by atoms with Crippen LogP contribution in [0.1, 0.15) is 20.7 Å². The quantitative estimate of drug-likeness (QED) is 0.746. The second-order valence-electron chi connectivity index (χ2n) is 4.97. The van der Waals surface area contributed by atoms with Crippen LogP contribution in [0.4, 0.5) is 0 Å². The predicted molar refractivity (Wildman–Crippen MR) is 79.1 cm³/mol. The van der Waals surface area contributed by atoms with E-state index in [4.69, 9.17) is 9.47 Å². The van der Waals surface area contributed by atoms with E-state index >= 15 is 0 Å². The summed E-state index contributed by atoms with van der Waals surface area (Å²) in [5.74, 6) is -0.0737. The number of nitrogens with zero attached hydrogens (tertiary/aromatic N) is 2. The molecule has 7 heteroatoms. The van der Waals surface area contributed by atoms with Gasteiger partial charge >= 0.3 is 5.97 Å². The first-order valence-corrected chi connectivity index (χ1v) is 6.77. The largest absolute Gasteiger partial charge is 0.478 e. The van der Waals surface area contributed by atoms with Crippen LogP contribution in [-0.2, 0) is 0 Å². The summed E-state index contributed by atoms with van der Waals surface area (Å²) >= 11 is 0. The van der Waals surface area contributed by atoms with Gasteiger partial charge in [-0.1, -0.05) is 0 Å². The highest BCUT2D eigenvalue weighted by Gasteiger charge is 2.22. The summed E-state index contributed by atoms with van der Waals surface area (Å²) in [5.41, 5.74) is 1.86. The third-order valence-electron chi connectivity index (χ3n) is 3.71. The zero-order valence-electron chi connectivity index (χ0n) is 11.7. The van der Waals surface area contributed by atoms with Gasteiger partial charge in [-0.15, -0.1) is 0 Å². The zero-order chi connectivity index (χ0) is 16.0. The van der Waals surface area contributed by atoms with Crippen molar-refractivity contribution in [3.8, 4) is 22.8 Å². The van der Waals surface area contributed by atoms with E-state index in [0.717, 1.165) is 0 Å². The Bertz CT molecular complexity index is 961. The van der Waals surface area contributed by atoms with Crippen LogP contribution in [0.5, 0.6) is 11.5 Å². The summed E-state index contributed by atoms with van der Waals surface area (Å²) in [6, 6.07) is 6.44.